The van der Waals surface area contributed by atoms with Crippen molar-refractivity contribution in [3.63, 3.8) is 0 Å². The van der Waals surface area contributed by atoms with Crippen molar-refractivity contribution in [3.8, 4) is 0 Å². The van der Waals surface area contributed by atoms with E-state index < -0.39 is 5.69 Å². The van der Waals surface area contributed by atoms with Crippen molar-refractivity contribution >= 4 is 6.08 Å². The summed E-state index contributed by atoms with van der Waals surface area (Å²) >= 11 is 0. The van der Waals surface area contributed by atoms with E-state index >= 15 is 0 Å². The summed E-state index contributed by atoms with van der Waals surface area (Å²) in [5.41, 5.74) is 0.563. The van der Waals surface area contributed by atoms with Crippen LogP contribution in [0.2, 0.25) is 0 Å². The molecule has 5 heteroatoms. The summed E-state index contributed by atoms with van der Waals surface area (Å²) in [5, 5.41) is 3.28. The second-order valence-corrected chi connectivity index (χ2v) is 4.44. The highest BCUT2D eigenvalue weighted by Gasteiger charge is 2.38. The molecule has 84 valence electrons. The van der Waals surface area contributed by atoms with Crippen molar-refractivity contribution in [1.82, 2.24) is 15.3 Å². The summed E-state index contributed by atoms with van der Waals surface area (Å²) in [5.74, 6) is 0. The minimum atomic E-state index is -0.431. The third-order valence-electron chi connectivity index (χ3n) is 3.53. The number of fused-ring (bicyclic) bond motifs is 2. The SMILES string of the molecule is O=c1[nH]c2c(c(=O)[nH]1)C1(C=C2)CCNCC1. The largest absolute Gasteiger partial charge is 0.326 e. The lowest BCUT2D eigenvalue weighted by Gasteiger charge is -2.32. The monoisotopic (exact) mass is 219 g/mol. The molecule has 1 saturated heterocycles. The van der Waals surface area contributed by atoms with Gasteiger partial charge in [0.15, 0.2) is 0 Å². The van der Waals surface area contributed by atoms with Gasteiger partial charge in [0.1, 0.15) is 0 Å². The third-order valence-corrected chi connectivity index (χ3v) is 3.53. The number of piperidine rings is 1. The summed E-state index contributed by atoms with van der Waals surface area (Å²) < 4.78 is 0. The molecule has 0 unspecified atom stereocenters. The average Bonchev–Trinajstić information content (AvgIpc) is 2.58. The van der Waals surface area contributed by atoms with Crippen LogP contribution in [0.25, 0.3) is 6.08 Å². The molecule has 1 aliphatic carbocycles. The maximum atomic E-state index is 11.9. The van der Waals surface area contributed by atoms with E-state index in [0.717, 1.165) is 31.5 Å². The number of aromatic amines is 2. The van der Waals surface area contributed by atoms with Crippen LogP contribution in [-0.2, 0) is 5.41 Å². The smallest absolute Gasteiger partial charge is 0.317 e. The van der Waals surface area contributed by atoms with E-state index in [1.165, 1.54) is 0 Å². The molecule has 0 aromatic carbocycles. The Bertz CT molecular complexity index is 561. The van der Waals surface area contributed by atoms with Gasteiger partial charge in [-0.2, -0.15) is 0 Å². The molecule has 1 aromatic rings. The van der Waals surface area contributed by atoms with Gasteiger partial charge in [0.2, 0.25) is 0 Å². The Morgan fingerprint density at radius 1 is 1.12 bits per heavy atom. The van der Waals surface area contributed by atoms with Crippen LogP contribution in [0.3, 0.4) is 0 Å². The lowest BCUT2D eigenvalue weighted by atomic mass is 9.76. The van der Waals surface area contributed by atoms with Crippen LogP contribution in [0.15, 0.2) is 15.7 Å². The zero-order valence-corrected chi connectivity index (χ0v) is 8.80. The topological polar surface area (TPSA) is 77.8 Å². The highest BCUT2D eigenvalue weighted by atomic mass is 16.2. The Morgan fingerprint density at radius 2 is 1.88 bits per heavy atom. The van der Waals surface area contributed by atoms with Crippen molar-refractivity contribution in [3.05, 3.63) is 38.2 Å². The molecule has 1 fully saturated rings. The molecule has 0 saturated carbocycles. The average molecular weight is 219 g/mol. The van der Waals surface area contributed by atoms with Crippen molar-refractivity contribution in [2.24, 2.45) is 0 Å². The van der Waals surface area contributed by atoms with Crippen LogP contribution in [0.1, 0.15) is 24.1 Å². The van der Waals surface area contributed by atoms with E-state index in [0.29, 0.717) is 5.69 Å². The molecule has 0 radical (unpaired) electrons. The predicted octanol–water partition coefficient (Wildman–Crippen LogP) is -0.289. The zero-order chi connectivity index (χ0) is 11.2. The predicted molar refractivity (Wildman–Crippen MR) is 60.5 cm³/mol. The Hall–Kier alpha value is -1.62. The molecule has 3 N–H and O–H groups in total. The summed E-state index contributed by atoms with van der Waals surface area (Å²) in [4.78, 5) is 28.0. The summed E-state index contributed by atoms with van der Waals surface area (Å²) in [7, 11) is 0. The van der Waals surface area contributed by atoms with Crippen LogP contribution >= 0.6 is 0 Å². The second kappa shape index (κ2) is 3.18. The Morgan fingerprint density at radius 3 is 2.62 bits per heavy atom. The first kappa shape index (κ1) is 9.59. The normalized spacial score (nSPS) is 21.2. The van der Waals surface area contributed by atoms with Gasteiger partial charge in [0, 0.05) is 5.41 Å². The first-order valence-electron chi connectivity index (χ1n) is 5.48. The van der Waals surface area contributed by atoms with Gasteiger partial charge >= 0.3 is 5.69 Å². The first-order chi connectivity index (χ1) is 7.71. The van der Waals surface area contributed by atoms with E-state index in [9.17, 15) is 9.59 Å². The van der Waals surface area contributed by atoms with Gasteiger partial charge in [-0.05, 0) is 32.0 Å². The Labute approximate surface area is 91.6 Å². The number of hydrogen-bond acceptors (Lipinski definition) is 3. The molecule has 2 aliphatic rings. The molecule has 2 heterocycles. The Kier molecular flexibility index (Phi) is 1.91. The summed E-state index contributed by atoms with van der Waals surface area (Å²) in [6.07, 6.45) is 5.73. The minimum absolute atomic E-state index is 0.168. The first-order valence-corrected chi connectivity index (χ1v) is 5.48. The van der Waals surface area contributed by atoms with Crippen LogP contribution in [-0.4, -0.2) is 23.1 Å². The standard InChI is InChI=1S/C11H13N3O2/c15-9-8-7(13-10(16)14-9)1-2-11(8)3-5-12-6-4-11/h1-2,12H,3-6H2,(H2,13,14,15,16). The zero-order valence-electron chi connectivity index (χ0n) is 8.80. The van der Waals surface area contributed by atoms with Gasteiger partial charge in [-0.3, -0.25) is 9.78 Å². The minimum Gasteiger partial charge on any atom is -0.317 e. The molecule has 0 atom stereocenters. The van der Waals surface area contributed by atoms with E-state index in [1.54, 1.807) is 0 Å². The highest BCUT2D eigenvalue weighted by Crippen LogP contribution is 2.39. The molecule has 1 aromatic heterocycles. The van der Waals surface area contributed by atoms with Gasteiger partial charge < -0.3 is 10.3 Å². The molecule has 1 spiro atoms. The molecule has 3 rings (SSSR count). The van der Waals surface area contributed by atoms with Crippen molar-refractivity contribution in [1.29, 1.82) is 0 Å². The van der Waals surface area contributed by atoms with Crippen LogP contribution in [0, 0.1) is 0 Å². The number of allylic oxidation sites excluding steroid dienone is 1. The van der Waals surface area contributed by atoms with Gasteiger partial charge in [0.25, 0.3) is 5.56 Å². The number of H-pyrrole nitrogens is 2. The Balaban J connectivity index is 2.21. The van der Waals surface area contributed by atoms with E-state index in [-0.39, 0.29) is 11.0 Å². The maximum Gasteiger partial charge on any atom is 0.326 e. The lowest BCUT2D eigenvalue weighted by Crippen LogP contribution is -2.42. The number of rotatable bonds is 0. The quantitative estimate of drug-likeness (QED) is 0.561. The molecular formula is C11H13N3O2. The van der Waals surface area contributed by atoms with E-state index in [4.69, 9.17) is 0 Å². The third kappa shape index (κ3) is 1.21. The lowest BCUT2D eigenvalue weighted by molar-refractivity contribution is 0.374. The molecule has 0 amide bonds. The fourth-order valence-corrected chi connectivity index (χ4v) is 2.74. The summed E-state index contributed by atoms with van der Waals surface area (Å²) in [6.45, 7) is 1.81. The van der Waals surface area contributed by atoms with Gasteiger partial charge in [0.05, 0.1) is 11.3 Å². The van der Waals surface area contributed by atoms with Crippen molar-refractivity contribution in [2.75, 3.05) is 13.1 Å². The van der Waals surface area contributed by atoms with Gasteiger partial charge in [-0.25, -0.2) is 4.79 Å². The fraction of sp³-hybridized carbons (Fsp3) is 0.455. The van der Waals surface area contributed by atoms with Gasteiger partial charge in [-0.1, -0.05) is 6.08 Å². The highest BCUT2D eigenvalue weighted by molar-refractivity contribution is 5.61. The van der Waals surface area contributed by atoms with Crippen LogP contribution in [0.4, 0.5) is 0 Å². The maximum absolute atomic E-state index is 11.9. The number of nitrogens with one attached hydrogen (secondary N) is 3. The fourth-order valence-electron chi connectivity index (χ4n) is 2.74. The number of aromatic nitrogens is 2. The van der Waals surface area contributed by atoms with Crippen molar-refractivity contribution < 1.29 is 0 Å². The summed E-state index contributed by atoms with van der Waals surface area (Å²) in [6, 6.07) is 0. The molecular weight excluding hydrogens is 206 g/mol. The number of hydrogen-bond donors (Lipinski definition) is 3. The second-order valence-electron chi connectivity index (χ2n) is 4.44. The molecule has 0 bridgehead atoms. The van der Waals surface area contributed by atoms with Crippen LogP contribution < -0.4 is 16.6 Å². The van der Waals surface area contributed by atoms with Crippen LogP contribution in [0.5, 0.6) is 0 Å². The molecule has 5 nitrogen and oxygen atoms in total. The molecule has 16 heavy (non-hydrogen) atoms. The molecule has 1 aliphatic heterocycles. The van der Waals surface area contributed by atoms with Crippen molar-refractivity contribution in [2.45, 2.75) is 18.3 Å². The van der Waals surface area contributed by atoms with Gasteiger partial charge in [-0.15, -0.1) is 0 Å². The van der Waals surface area contributed by atoms with E-state index in [1.807, 2.05) is 6.08 Å². The van der Waals surface area contributed by atoms with E-state index in [2.05, 4.69) is 21.4 Å².